The zero-order valence-electron chi connectivity index (χ0n) is 11.4. The van der Waals surface area contributed by atoms with Crippen LogP contribution in [0.25, 0.3) is 0 Å². The number of ether oxygens (including phenoxy) is 1. The Morgan fingerprint density at radius 1 is 1.47 bits per heavy atom. The normalized spacial score (nSPS) is 18.8. The Morgan fingerprint density at radius 2 is 2.00 bits per heavy atom. The number of hydrogen-bond donors (Lipinski definition) is 2. The highest BCUT2D eigenvalue weighted by Gasteiger charge is 2.39. The smallest absolute Gasteiger partial charge is 0.410 e. The lowest BCUT2D eigenvalue weighted by atomic mass is 9.96. The van der Waals surface area contributed by atoms with E-state index in [1.54, 1.807) is 4.90 Å². The third-order valence-corrected chi connectivity index (χ3v) is 2.62. The Hall–Kier alpha value is -0.810. The molecule has 1 heterocycles. The summed E-state index contributed by atoms with van der Waals surface area (Å²) < 4.78 is 5.33. The summed E-state index contributed by atoms with van der Waals surface area (Å²) in [5.41, 5.74) is -1.31. The van der Waals surface area contributed by atoms with Gasteiger partial charge in [0.05, 0.1) is 6.54 Å². The summed E-state index contributed by atoms with van der Waals surface area (Å²) in [7, 11) is 0. The monoisotopic (exact) mass is 244 g/mol. The van der Waals surface area contributed by atoms with Crippen LogP contribution in [0.1, 0.15) is 34.6 Å². The molecule has 2 N–H and O–H groups in total. The van der Waals surface area contributed by atoms with E-state index in [2.05, 4.69) is 5.32 Å². The molecule has 1 aliphatic heterocycles. The fraction of sp³-hybridized carbons (Fsp3) is 0.917. The summed E-state index contributed by atoms with van der Waals surface area (Å²) in [5.74, 6) is 0. The highest BCUT2D eigenvalue weighted by atomic mass is 16.6. The molecule has 17 heavy (non-hydrogen) atoms. The van der Waals surface area contributed by atoms with Crippen LogP contribution in [0.4, 0.5) is 4.79 Å². The lowest BCUT2D eigenvalue weighted by Gasteiger charge is -2.42. The van der Waals surface area contributed by atoms with Crippen molar-refractivity contribution in [3.8, 4) is 0 Å². The second-order valence-corrected chi connectivity index (χ2v) is 6.03. The molecule has 100 valence electrons. The average Bonchev–Trinajstić information content (AvgIpc) is 2.07. The van der Waals surface area contributed by atoms with E-state index in [0.717, 1.165) is 0 Å². The first-order valence-corrected chi connectivity index (χ1v) is 6.06. The number of hydrogen-bond acceptors (Lipinski definition) is 4. The van der Waals surface area contributed by atoms with Gasteiger partial charge in [-0.15, -0.1) is 0 Å². The van der Waals surface area contributed by atoms with Gasteiger partial charge in [-0.1, -0.05) is 0 Å². The minimum atomic E-state index is -0.804. The SMILES string of the molecule is CC(C)N(CC1(O)CNC1)C(=O)OC(C)(C)C. The van der Waals surface area contributed by atoms with Gasteiger partial charge in [0.25, 0.3) is 0 Å². The van der Waals surface area contributed by atoms with Crippen LogP contribution in [0.15, 0.2) is 0 Å². The Bertz CT molecular complexity index is 280. The molecule has 0 aromatic rings. The molecule has 0 bridgehead atoms. The molecule has 0 aromatic heterocycles. The number of aliphatic hydroxyl groups is 1. The second-order valence-electron chi connectivity index (χ2n) is 6.03. The van der Waals surface area contributed by atoms with Gasteiger partial charge in [-0.05, 0) is 34.6 Å². The molecule has 1 aliphatic rings. The van der Waals surface area contributed by atoms with Crippen molar-refractivity contribution in [1.29, 1.82) is 0 Å². The maximum Gasteiger partial charge on any atom is 0.410 e. The van der Waals surface area contributed by atoms with Crippen molar-refractivity contribution in [3.05, 3.63) is 0 Å². The summed E-state index contributed by atoms with van der Waals surface area (Å²) in [6, 6.07) is 0.00877. The van der Waals surface area contributed by atoms with E-state index in [0.29, 0.717) is 19.6 Å². The van der Waals surface area contributed by atoms with Crippen molar-refractivity contribution in [2.45, 2.75) is 51.9 Å². The Kier molecular flexibility index (Phi) is 4.04. The van der Waals surface area contributed by atoms with Crippen LogP contribution in [-0.4, -0.2) is 53.0 Å². The van der Waals surface area contributed by atoms with E-state index in [9.17, 15) is 9.90 Å². The third kappa shape index (κ3) is 4.16. The number of β-amino-alcohol motifs (C(OH)–C–C–N with tert-alkyl or cyclic N) is 1. The van der Waals surface area contributed by atoms with E-state index in [1.165, 1.54) is 0 Å². The van der Waals surface area contributed by atoms with Crippen molar-refractivity contribution in [3.63, 3.8) is 0 Å². The molecule has 1 saturated heterocycles. The van der Waals surface area contributed by atoms with Gasteiger partial charge in [-0.25, -0.2) is 4.79 Å². The Labute approximate surface area is 103 Å². The summed E-state index contributed by atoms with van der Waals surface area (Å²) in [4.78, 5) is 13.6. The fourth-order valence-corrected chi connectivity index (χ4v) is 1.62. The van der Waals surface area contributed by atoms with Gasteiger partial charge in [0.15, 0.2) is 0 Å². The summed E-state index contributed by atoms with van der Waals surface area (Å²) in [6.45, 7) is 10.7. The number of amides is 1. The van der Waals surface area contributed by atoms with Crippen molar-refractivity contribution in [2.24, 2.45) is 0 Å². The maximum absolute atomic E-state index is 12.0. The van der Waals surface area contributed by atoms with Crippen LogP contribution < -0.4 is 5.32 Å². The number of nitrogens with one attached hydrogen (secondary N) is 1. The number of nitrogens with zero attached hydrogens (tertiary/aromatic N) is 1. The molecular formula is C12H24N2O3. The predicted octanol–water partition coefficient (Wildman–Crippen LogP) is 0.966. The first-order valence-electron chi connectivity index (χ1n) is 6.06. The molecule has 1 rings (SSSR count). The van der Waals surface area contributed by atoms with Gasteiger partial charge in [0.2, 0.25) is 0 Å². The number of carbonyl (C=O) groups excluding carboxylic acids is 1. The van der Waals surface area contributed by atoms with E-state index < -0.39 is 11.2 Å². The molecule has 0 spiro atoms. The Morgan fingerprint density at radius 3 is 2.29 bits per heavy atom. The van der Waals surface area contributed by atoms with Gasteiger partial charge < -0.3 is 20.1 Å². The quantitative estimate of drug-likeness (QED) is 0.776. The zero-order chi connectivity index (χ0) is 13.3. The van der Waals surface area contributed by atoms with Gasteiger partial charge in [-0.2, -0.15) is 0 Å². The molecule has 0 aliphatic carbocycles. The summed E-state index contributed by atoms with van der Waals surface area (Å²) in [5, 5.41) is 13.1. The second kappa shape index (κ2) is 4.82. The lowest BCUT2D eigenvalue weighted by Crippen LogP contribution is -2.66. The first kappa shape index (κ1) is 14.3. The molecular weight excluding hydrogens is 220 g/mol. The van der Waals surface area contributed by atoms with E-state index in [1.807, 2.05) is 34.6 Å². The Balaban J connectivity index is 2.62. The van der Waals surface area contributed by atoms with Crippen molar-refractivity contribution in [1.82, 2.24) is 10.2 Å². The average molecular weight is 244 g/mol. The molecule has 0 radical (unpaired) electrons. The van der Waals surface area contributed by atoms with Crippen LogP contribution in [0.3, 0.4) is 0 Å². The predicted molar refractivity (Wildman–Crippen MR) is 65.9 cm³/mol. The molecule has 5 heteroatoms. The van der Waals surface area contributed by atoms with Gasteiger partial charge in [-0.3, -0.25) is 0 Å². The third-order valence-electron chi connectivity index (χ3n) is 2.62. The molecule has 0 aromatic carbocycles. The minimum absolute atomic E-state index is 0.00877. The fourth-order valence-electron chi connectivity index (χ4n) is 1.62. The van der Waals surface area contributed by atoms with Crippen LogP contribution in [0, 0.1) is 0 Å². The van der Waals surface area contributed by atoms with Gasteiger partial charge >= 0.3 is 6.09 Å². The highest BCUT2D eigenvalue weighted by Crippen LogP contribution is 2.17. The van der Waals surface area contributed by atoms with E-state index >= 15 is 0 Å². The van der Waals surface area contributed by atoms with Crippen LogP contribution in [0.5, 0.6) is 0 Å². The lowest BCUT2D eigenvalue weighted by molar-refractivity contribution is -0.0518. The molecule has 5 nitrogen and oxygen atoms in total. The number of carbonyl (C=O) groups is 1. The molecule has 1 amide bonds. The minimum Gasteiger partial charge on any atom is -0.444 e. The number of rotatable bonds is 3. The molecule has 0 unspecified atom stereocenters. The van der Waals surface area contributed by atoms with Crippen LogP contribution in [-0.2, 0) is 4.74 Å². The zero-order valence-corrected chi connectivity index (χ0v) is 11.4. The first-order chi connectivity index (χ1) is 7.63. The molecule has 0 atom stereocenters. The standard InChI is InChI=1S/C12H24N2O3/c1-9(2)14(8-12(16)6-13-7-12)10(15)17-11(3,4)5/h9,13,16H,6-8H2,1-5H3. The molecule has 0 saturated carbocycles. The van der Waals surface area contributed by atoms with E-state index in [-0.39, 0.29) is 12.1 Å². The van der Waals surface area contributed by atoms with Crippen molar-refractivity contribution >= 4 is 6.09 Å². The van der Waals surface area contributed by atoms with Crippen LogP contribution >= 0.6 is 0 Å². The van der Waals surface area contributed by atoms with Crippen molar-refractivity contribution < 1.29 is 14.6 Å². The largest absolute Gasteiger partial charge is 0.444 e. The van der Waals surface area contributed by atoms with Gasteiger partial charge in [0.1, 0.15) is 11.2 Å². The van der Waals surface area contributed by atoms with E-state index in [4.69, 9.17) is 4.74 Å². The molecule has 1 fully saturated rings. The summed E-state index contributed by atoms with van der Waals surface area (Å²) >= 11 is 0. The summed E-state index contributed by atoms with van der Waals surface area (Å²) in [6.07, 6.45) is -0.368. The maximum atomic E-state index is 12.0. The van der Waals surface area contributed by atoms with Gasteiger partial charge in [0, 0.05) is 19.1 Å². The topological polar surface area (TPSA) is 61.8 Å². The van der Waals surface area contributed by atoms with Crippen LogP contribution in [0.2, 0.25) is 0 Å². The van der Waals surface area contributed by atoms with Crippen molar-refractivity contribution in [2.75, 3.05) is 19.6 Å². The highest BCUT2D eigenvalue weighted by molar-refractivity contribution is 5.68.